The van der Waals surface area contributed by atoms with Gasteiger partial charge in [0.25, 0.3) is 0 Å². The van der Waals surface area contributed by atoms with Gasteiger partial charge in [-0.15, -0.1) is 0 Å². The average Bonchev–Trinajstić information content (AvgIpc) is 2.45. The van der Waals surface area contributed by atoms with Crippen molar-refractivity contribution in [3.63, 3.8) is 0 Å². The lowest BCUT2D eigenvalue weighted by Gasteiger charge is -2.24. The van der Waals surface area contributed by atoms with Crippen LogP contribution in [0.5, 0.6) is 5.75 Å². The number of rotatable bonds is 9. The second kappa shape index (κ2) is 8.61. The SMILES string of the molecule is COc1ccc(C(O)C(CC(=O)O)NCCN(C)C)cc1. The number of methoxy groups -OCH3 is 1. The molecule has 0 aliphatic heterocycles. The van der Waals surface area contributed by atoms with Crippen molar-refractivity contribution in [2.45, 2.75) is 18.6 Å². The minimum atomic E-state index is -0.940. The van der Waals surface area contributed by atoms with E-state index in [1.807, 2.05) is 19.0 Å². The number of aliphatic hydroxyl groups is 1. The number of benzene rings is 1. The minimum Gasteiger partial charge on any atom is -0.497 e. The van der Waals surface area contributed by atoms with E-state index in [0.29, 0.717) is 17.9 Å². The second-order valence-corrected chi connectivity index (χ2v) is 5.18. The van der Waals surface area contributed by atoms with Gasteiger partial charge >= 0.3 is 5.97 Å². The highest BCUT2D eigenvalue weighted by Gasteiger charge is 2.23. The van der Waals surface area contributed by atoms with Crippen LogP contribution in [-0.2, 0) is 4.79 Å². The summed E-state index contributed by atoms with van der Waals surface area (Å²) in [5.41, 5.74) is 0.666. The standard InChI is InChI=1S/C15H24N2O4/c1-17(2)9-8-16-13(10-14(18)19)15(20)11-4-6-12(21-3)7-5-11/h4-7,13,15-16,20H,8-10H2,1-3H3,(H,18,19). The molecule has 0 heterocycles. The summed E-state index contributed by atoms with van der Waals surface area (Å²) in [6.07, 6.45) is -1.02. The smallest absolute Gasteiger partial charge is 0.305 e. The van der Waals surface area contributed by atoms with Crippen LogP contribution in [0.1, 0.15) is 18.1 Å². The van der Waals surface area contributed by atoms with E-state index in [0.717, 1.165) is 6.54 Å². The predicted molar refractivity (Wildman–Crippen MR) is 80.6 cm³/mol. The molecule has 0 saturated heterocycles. The van der Waals surface area contributed by atoms with E-state index in [4.69, 9.17) is 9.84 Å². The number of carboxylic acids is 1. The van der Waals surface area contributed by atoms with Gasteiger partial charge in [0, 0.05) is 19.1 Å². The summed E-state index contributed by atoms with van der Waals surface area (Å²) < 4.78 is 5.07. The molecule has 0 fully saturated rings. The number of aliphatic carboxylic acids is 1. The van der Waals surface area contributed by atoms with Crippen LogP contribution in [-0.4, -0.2) is 61.4 Å². The molecule has 0 radical (unpaired) electrons. The maximum atomic E-state index is 11.0. The Balaban J connectivity index is 2.72. The Morgan fingerprint density at radius 1 is 1.33 bits per heavy atom. The largest absolute Gasteiger partial charge is 0.497 e. The van der Waals surface area contributed by atoms with Crippen molar-refractivity contribution < 1.29 is 19.7 Å². The van der Waals surface area contributed by atoms with Crippen molar-refractivity contribution in [3.05, 3.63) is 29.8 Å². The number of likely N-dealkylation sites (N-methyl/N-ethyl adjacent to an activating group) is 1. The van der Waals surface area contributed by atoms with Gasteiger partial charge in [-0.2, -0.15) is 0 Å². The third-order valence-electron chi connectivity index (χ3n) is 3.20. The molecule has 1 aromatic carbocycles. The van der Waals surface area contributed by atoms with E-state index >= 15 is 0 Å². The number of ether oxygens (including phenoxy) is 1. The molecule has 1 rings (SSSR count). The molecule has 0 amide bonds. The summed E-state index contributed by atoms with van der Waals surface area (Å²) in [6, 6.07) is 6.44. The van der Waals surface area contributed by atoms with Crippen molar-refractivity contribution in [3.8, 4) is 5.75 Å². The molecule has 6 nitrogen and oxygen atoms in total. The Morgan fingerprint density at radius 3 is 2.43 bits per heavy atom. The van der Waals surface area contributed by atoms with E-state index in [-0.39, 0.29) is 6.42 Å². The predicted octanol–water partition coefficient (Wildman–Crippen LogP) is 0.723. The van der Waals surface area contributed by atoms with Crippen molar-refractivity contribution >= 4 is 5.97 Å². The van der Waals surface area contributed by atoms with Gasteiger partial charge < -0.3 is 25.2 Å². The van der Waals surface area contributed by atoms with Gasteiger partial charge in [-0.05, 0) is 31.8 Å². The maximum Gasteiger partial charge on any atom is 0.305 e. The van der Waals surface area contributed by atoms with Gasteiger partial charge in [0.05, 0.1) is 19.6 Å². The van der Waals surface area contributed by atoms with Gasteiger partial charge in [-0.3, -0.25) is 4.79 Å². The number of nitrogens with one attached hydrogen (secondary N) is 1. The number of aliphatic hydroxyl groups excluding tert-OH is 1. The van der Waals surface area contributed by atoms with Crippen LogP contribution in [0.4, 0.5) is 0 Å². The van der Waals surface area contributed by atoms with Crippen molar-refractivity contribution in [2.75, 3.05) is 34.3 Å². The highest BCUT2D eigenvalue weighted by molar-refractivity contribution is 5.67. The summed E-state index contributed by atoms with van der Waals surface area (Å²) in [7, 11) is 5.45. The summed E-state index contributed by atoms with van der Waals surface area (Å²) in [6.45, 7) is 1.38. The van der Waals surface area contributed by atoms with Gasteiger partial charge in [0.2, 0.25) is 0 Å². The molecule has 0 aliphatic rings. The normalized spacial score (nSPS) is 14.0. The van der Waals surface area contributed by atoms with Crippen LogP contribution in [0.15, 0.2) is 24.3 Å². The van der Waals surface area contributed by atoms with Crippen LogP contribution in [0.25, 0.3) is 0 Å². The molecule has 118 valence electrons. The van der Waals surface area contributed by atoms with Crippen LogP contribution < -0.4 is 10.1 Å². The third-order valence-corrected chi connectivity index (χ3v) is 3.20. The maximum absolute atomic E-state index is 11.0. The molecule has 0 aliphatic carbocycles. The molecular weight excluding hydrogens is 272 g/mol. The lowest BCUT2D eigenvalue weighted by atomic mass is 9.99. The average molecular weight is 296 g/mol. The molecule has 0 bridgehead atoms. The number of carboxylic acid groups (broad SMARTS) is 1. The molecular formula is C15H24N2O4. The first-order valence-electron chi connectivity index (χ1n) is 6.86. The van der Waals surface area contributed by atoms with Crippen molar-refractivity contribution in [1.82, 2.24) is 10.2 Å². The first-order chi connectivity index (χ1) is 9.93. The van der Waals surface area contributed by atoms with Crippen LogP contribution in [0.3, 0.4) is 0 Å². The van der Waals surface area contributed by atoms with Crippen LogP contribution in [0.2, 0.25) is 0 Å². The fraction of sp³-hybridized carbons (Fsp3) is 0.533. The van der Waals surface area contributed by atoms with Crippen molar-refractivity contribution in [1.29, 1.82) is 0 Å². The Kier molecular flexibility index (Phi) is 7.14. The topological polar surface area (TPSA) is 82.0 Å². The first kappa shape index (κ1) is 17.4. The van der Waals surface area contributed by atoms with Crippen molar-refractivity contribution in [2.24, 2.45) is 0 Å². The van der Waals surface area contributed by atoms with E-state index in [2.05, 4.69) is 5.32 Å². The molecule has 1 aromatic rings. The number of carbonyl (C=O) groups is 1. The van der Waals surface area contributed by atoms with Crippen LogP contribution >= 0.6 is 0 Å². The molecule has 0 saturated carbocycles. The zero-order valence-electron chi connectivity index (χ0n) is 12.7. The highest BCUT2D eigenvalue weighted by atomic mass is 16.5. The van der Waals surface area contributed by atoms with E-state index in [1.54, 1.807) is 31.4 Å². The molecule has 3 N–H and O–H groups in total. The summed E-state index contributed by atoms with van der Waals surface area (Å²) in [5, 5.41) is 22.5. The Labute approximate surface area is 125 Å². The van der Waals surface area contributed by atoms with E-state index in [1.165, 1.54) is 0 Å². The van der Waals surface area contributed by atoms with Gasteiger partial charge in [-0.25, -0.2) is 0 Å². The third kappa shape index (κ3) is 6.12. The Hall–Kier alpha value is -1.63. The molecule has 0 aromatic heterocycles. The fourth-order valence-electron chi connectivity index (χ4n) is 1.99. The van der Waals surface area contributed by atoms with Gasteiger partial charge in [0.15, 0.2) is 0 Å². The molecule has 2 atom stereocenters. The number of nitrogens with zero attached hydrogens (tertiary/aromatic N) is 1. The zero-order chi connectivity index (χ0) is 15.8. The second-order valence-electron chi connectivity index (χ2n) is 5.18. The fourth-order valence-corrected chi connectivity index (χ4v) is 1.99. The zero-order valence-corrected chi connectivity index (χ0v) is 12.7. The van der Waals surface area contributed by atoms with Gasteiger partial charge in [0.1, 0.15) is 5.75 Å². The molecule has 0 spiro atoms. The highest BCUT2D eigenvalue weighted by Crippen LogP contribution is 2.21. The lowest BCUT2D eigenvalue weighted by molar-refractivity contribution is -0.138. The number of hydrogen-bond acceptors (Lipinski definition) is 5. The van der Waals surface area contributed by atoms with Gasteiger partial charge in [-0.1, -0.05) is 12.1 Å². The van der Waals surface area contributed by atoms with Crippen LogP contribution in [0, 0.1) is 0 Å². The molecule has 21 heavy (non-hydrogen) atoms. The Bertz CT molecular complexity index is 434. The first-order valence-corrected chi connectivity index (χ1v) is 6.86. The summed E-state index contributed by atoms with van der Waals surface area (Å²) >= 11 is 0. The number of hydrogen-bond donors (Lipinski definition) is 3. The Morgan fingerprint density at radius 2 is 1.95 bits per heavy atom. The lowest BCUT2D eigenvalue weighted by Crippen LogP contribution is -2.40. The van der Waals surface area contributed by atoms with E-state index in [9.17, 15) is 9.90 Å². The summed E-state index contributed by atoms with van der Waals surface area (Å²) in [4.78, 5) is 13.0. The molecule has 6 heteroatoms. The molecule has 2 unspecified atom stereocenters. The van der Waals surface area contributed by atoms with E-state index < -0.39 is 18.1 Å². The monoisotopic (exact) mass is 296 g/mol. The quantitative estimate of drug-likeness (QED) is 0.623. The minimum absolute atomic E-state index is 0.138. The summed E-state index contributed by atoms with van der Waals surface area (Å²) in [5.74, 6) is -0.244.